The van der Waals surface area contributed by atoms with Crippen LogP contribution in [0.4, 0.5) is 17.1 Å². The van der Waals surface area contributed by atoms with Crippen LogP contribution in [0.5, 0.6) is 11.5 Å². The SMILES string of the molecule is c1ccc(Oc2ccc3c4ccc(N(c5ccccc5)c5ccccc5)cc4c4cc5c6ccccc6c6ccccc6c5cc4c3c2)cc1. The third-order valence-electron chi connectivity index (χ3n) is 10.0. The molecule has 10 aromatic carbocycles. The zero-order valence-electron chi connectivity index (χ0n) is 27.3. The van der Waals surface area contributed by atoms with Crippen molar-refractivity contribution in [1.82, 2.24) is 0 Å². The Morgan fingerprint density at radius 2 is 0.620 bits per heavy atom. The number of ether oxygens (including phenoxy) is 1. The van der Waals surface area contributed by atoms with Crippen LogP contribution in [-0.4, -0.2) is 0 Å². The molecule has 0 aromatic heterocycles. The minimum absolute atomic E-state index is 0.823. The van der Waals surface area contributed by atoms with E-state index in [2.05, 4.69) is 163 Å². The zero-order valence-corrected chi connectivity index (χ0v) is 27.3. The quantitative estimate of drug-likeness (QED) is 0.138. The Labute approximate surface area is 290 Å². The van der Waals surface area contributed by atoms with E-state index in [9.17, 15) is 0 Å². The molecular formula is C48H31NO. The highest BCUT2D eigenvalue weighted by molar-refractivity contribution is 6.33. The number of para-hydroxylation sites is 3. The maximum atomic E-state index is 6.40. The molecule has 50 heavy (non-hydrogen) atoms. The average molecular weight is 638 g/mol. The molecule has 0 saturated heterocycles. The van der Waals surface area contributed by atoms with Gasteiger partial charge in [-0.15, -0.1) is 0 Å². The molecule has 234 valence electrons. The molecule has 0 amide bonds. The number of hydrogen-bond acceptors (Lipinski definition) is 2. The molecule has 0 saturated carbocycles. The summed E-state index contributed by atoms with van der Waals surface area (Å²) in [4.78, 5) is 2.34. The molecule has 0 fully saturated rings. The van der Waals surface area contributed by atoms with Crippen LogP contribution in [0.2, 0.25) is 0 Å². The third-order valence-corrected chi connectivity index (χ3v) is 10.0. The van der Waals surface area contributed by atoms with Crippen molar-refractivity contribution in [2.75, 3.05) is 4.90 Å². The second-order valence-electron chi connectivity index (χ2n) is 12.9. The van der Waals surface area contributed by atoms with E-state index in [0.717, 1.165) is 28.6 Å². The molecule has 0 radical (unpaired) electrons. The van der Waals surface area contributed by atoms with Gasteiger partial charge in [-0.2, -0.15) is 0 Å². The van der Waals surface area contributed by atoms with Crippen LogP contribution in [-0.2, 0) is 0 Å². The van der Waals surface area contributed by atoms with Crippen LogP contribution < -0.4 is 9.64 Å². The second-order valence-corrected chi connectivity index (χ2v) is 12.9. The summed E-state index contributed by atoms with van der Waals surface area (Å²) in [6, 6.07) is 67.2. The number of benzene rings is 10. The molecule has 10 aromatic rings. The van der Waals surface area contributed by atoms with Crippen LogP contribution in [0.1, 0.15) is 0 Å². The van der Waals surface area contributed by atoms with Gasteiger partial charge >= 0.3 is 0 Å². The van der Waals surface area contributed by atoms with Crippen molar-refractivity contribution < 1.29 is 4.74 Å². The largest absolute Gasteiger partial charge is 0.457 e. The molecule has 0 spiro atoms. The first kappa shape index (κ1) is 28.4. The minimum Gasteiger partial charge on any atom is -0.457 e. The number of hydrogen-bond donors (Lipinski definition) is 0. The van der Waals surface area contributed by atoms with E-state index >= 15 is 0 Å². The second kappa shape index (κ2) is 11.5. The summed E-state index contributed by atoms with van der Waals surface area (Å²) in [6.45, 7) is 0. The van der Waals surface area contributed by atoms with E-state index in [1.807, 2.05) is 30.3 Å². The Balaban J connectivity index is 1.33. The van der Waals surface area contributed by atoms with Crippen molar-refractivity contribution in [3.8, 4) is 11.5 Å². The van der Waals surface area contributed by atoms with Gasteiger partial charge in [-0.3, -0.25) is 0 Å². The molecular weight excluding hydrogens is 607 g/mol. The zero-order chi connectivity index (χ0) is 33.0. The van der Waals surface area contributed by atoms with Gasteiger partial charge in [0.1, 0.15) is 11.5 Å². The smallest absolute Gasteiger partial charge is 0.128 e. The van der Waals surface area contributed by atoms with E-state index in [1.165, 1.54) is 64.6 Å². The van der Waals surface area contributed by atoms with Gasteiger partial charge < -0.3 is 9.64 Å². The third kappa shape index (κ3) is 4.57. The Morgan fingerprint density at radius 3 is 1.16 bits per heavy atom. The molecule has 2 heteroatoms. The van der Waals surface area contributed by atoms with Gasteiger partial charge in [-0.1, -0.05) is 115 Å². The molecule has 2 nitrogen and oxygen atoms in total. The van der Waals surface area contributed by atoms with Crippen LogP contribution in [0, 0.1) is 0 Å². The van der Waals surface area contributed by atoms with E-state index in [1.54, 1.807) is 0 Å². The number of rotatable bonds is 5. The van der Waals surface area contributed by atoms with Gasteiger partial charge in [0.15, 0.2) is 0 Å². The monoisotopic (exact) mass is 637 g/mol. The fraction of sp³-hybridized carbons (Fsp3) is 0. The van der Waals surface area contributed by atoms with Gasteiger partial charge in [0, 0.05) is 17.1 Å². The van der Waals surface area contributed by atoms with Crippen molar-refractivity contribution >= 4 is 81.7 Å². The van der Waals surface area contributed by atoms with E-state index in [0.29, 0.717) is 0 Å². The normalized spacial score (nSPS) is 11.6. The van der Waals surface area contributed by atoms with Gasteiger partial charge in [0.05, 0.1) is 0 Å². The molecule has 0 N–H and O–H groups in total. The molecule has 0 unspecified atom stereocenters. The lowest BCUT2D eigenvalue weighted by atomic mass is 9.88. The highest BCUT2D eigenvalue weighted by atomic mass is 16.5. The van der Waals surface area contributed by atoms with E-state index < -0.39 is 0 Å². The molecule has 10 rings (SSSR count). The van der Waals surface area contributed by atoms with Gasteiger partial charge in [0.25, 0.3) is 0 Å². The lowest BCUT2D eigenvalue weighted by molar-refractivity contribution is 0.483. The first-order valence-electron chi connectivity index (χ1n) is 17.1. The first-order chi connectivity index (χ1) is 24.8. The topological polar surface area (TPSA) is 12.5 Å². The maximum Gasteiger partial charge on any atom is 0.128 e. The highest BCUT2D eigenvalue weighted by Gasteiger charge is 2.18. The lowest BCUT2D eigenvalue weighted by Gasteiger charge is -2.26. The summed E-state index contributed by atoms with van der Waals surface area (Å²) >= 11 is 0. The number of nitrogens with zero attached hydrogens (tertiary/aromatic N) is 1. The molecule has 0 aliphatic rings. The molecule has 0 aliphatic heterocycles. The number of fused-ring (bicyclic) bond motifs is 12. The van der Waals surface area contributed by atoms with Gasteiger partial charge in [0.2, 0.25) is 0 Å². The number of anilines is 3. The average Bonchev–Trinajstić information content (AvgIpc) is 3.19. The van der Waals surface area contributed by atoms with Crippen LogP contribution in [0.15, 0.2) is 188 Å². The van der Waals surface area contributed by atoms with Crippen molar-refractivity contribution in [2.45, 2.75) is 0 Å². The predicted octanol–water partition coefficient (Wildman–Crippen LogP) is 13.9. The van der Waals surface area contributed by atoms with Crippen molar-refractivity contribution in [2.24, 2.45) is 0 Å². The molecule has 0 bridgehead atoms. The fourth-order valence-corrected chi connectivity index (χ4v) is 7.80. The van der Waals surface area contributed by atoms with Crippen molar-refractivity contribution in [3.05, 3.63) is 188 Å². The van der Waals surface area contributed by atoms with Crippen molar-refractivity contribution in [1.29, 1.82) is 0 Å². The Bertz CT molecular complexity index is 2840. The summed E-state index contributed by atoms with van der Waals surface area (Å²) in [5.74, 6) is 1.65. The first-order valence-corrected chi connectivity index (χ1v) is 17.1. The minimum atomic E-state index is 0.823. The standard InChI is InChI=1S/C48H31NO/c1-4-14-32(15-5-1)49(33-16-6-2-7-17-33)34-24-26-41-42-27-25-36(50-35-18-8-3-9-19-35)29-44(42)48-31-46-40-23-13-11-21-38(40)37-20-10-12-22-39(37)45(46)30-47(48)43(41)28-34/h1-31H. The van der Waals surface area contributed by atoms with Crippen molar-refractivity contribution in [3.63, 3.8) is 0 Å². The summed E-state index contributed by atoms with van der Waals surface area (Å²) < 4.78 is 6.40. The molecule has 0 heterocycles. The van der Waals surface area contributed by atoms with Crippen LogP contribution in [0.25, 0.3) is 64.6 Å². The molecule has 0 aliphatic carbocycles. The highest BCUT2D eigenvalue weighted by Crippen LogP contribution is 2.45. The fourth-order valence-electron chi connectivity index (χ4n) is 7.80. The summed E-state index contributed by atoms with van der Waals surface area (Å²) in [5, 5.41) is 14.9. The maximum absolute atomic E-state index is 6.40. The Morgan fingerprint density at radius 1 is 0.240 bits per heavy atom. The Hall–Kier alpha value is -6.64. The lowest BCUT2D eigenvalue weighted by Crippen LogP contribution is -2.09. The van der Waals surface area contributed by atoms with Crippen LogP contribution in [0.3, 0.4) is 0 Å². The van der Waals surface area contributed by atoms with E-state index in [-0.39, 0.29) is 0 Å². The summed E-state index contributed by atoms with van der Waals surface area (Å²) in [6.07, 6.45) is 0. The summed E-state index contributed by atoms with van der Waals surface area (Å²) in [5.41, 5.74) is 3.35. The van der Waals surface area contributed by atoms with Gasteiger partial charge in [-0.25, -0.2) is 0 Å². The van der Waals surface area contributed by atoms with Gasteiger partial charge in [-0.05, 0) is 137 Å². The van der Waals surface area contributed by atoms with Crippen LogP contribution >= 0.6 is 0 Å². The summed E-state index contributed by atoms with van der Waals surface area (Å²) in [7, 11) is 0. The molecule has 0 atom stereocenters. The van der Waals surface area contributed by atoms with E-state index in [4.69, 9.17) is 4.74 Å². The Kier molecular flexibility index (Phi) is 6.53. The predicted molar refractivity (Wildman–Crippen MR) is 213 cm³/mol.